The third-order valence-electron chi connectivity index (χ3n) is 2.68. The fourth-order valence-corrected chi connectivity index (χ4v) is 1.93. The van der Waals surface area contributed by atoms with E-state index < -0.39 is 0 Å². The average molecular weight is 190 g/mol. The molecule has 0 aromatic heterocycles. The summed E-state index contributed by atoms with van der Waals surface area (Å²) in [7, 11) is 0. The Labute approximate surface area is 81.6 Å². The molecule has 3 nitrogen and oxygen atoms in total. The SMILES string of the molecule is O=C1CCOc2cc3c(cc21)CCO3. The number of ketones is 1. The molecule has 0 fully saturated rings. The van der Waals surface area contributed by atoms with E-state index in [9.17, 15) is 4.79 Å². The Bertz CT molecular complexity index is 409. The predicted octanol–water partition coefficient (Wildman–Crippen LogP) is 1.59. The van der Waals surface area contributed by atoms with Gasteiger partial charge in [-0.15, -0.1) is 0 Å². The Balaban J connectivity index is 2.17. The number of rotatable bonds is 0. The molecule has 3 heteroatoms. The summed E-state index contributed by atoms with van der Waals surface area (Å²) in [5.41, 5.74) is 1.85. The largest absolute Gasteiger partial charge is 0.493 e. The number of carbonyl (C=O) groups is 1. The number of carbonyl (C=O) groups excluding carboxylic acids is 1. The van der Waals surface area contributed by atoms with Crippen LogP contribution in [0.15, 0.2) is 12.1 Å². The number of hydrogen-bond donors (Lipinski definition) is 0. The predicted molar refractivity (Wildman–Crippen MR) is 50.1 cm³/mol. The fraction of sp³-hybridized carbons (Fsp3) is 0.364. The van der Waals surface area contributed by atoms with Crippen molar-refractivity contribution in [2.24, 2.45) is 0 Å². The monoisotopic (exact) mass is 190 g/mol. The summed E-state index contributed by atoms with van der Waals surface area (Å²) >= 11 is 0. The van der Waals surface area contributed by atoms with Crippen LogP contribution >= 0.6 is 0 Å². The molecule has 0 amide bonds. The Morgan fingerprint density at radius 2 is 1.79 bits per heavy atom. The first-order chi connectivity index (χ1) is 6.84. The van der Waals surface area contributed by atoms with Gasteiger partial charge in [0, 0.05) is 18.9 Å². The minimum Gasteiger partial charge on any atom is -0.493 e. The van der Waals surface area contributed by atoms with E-state index in [1.807, 2.05) is 12.1 Å². The van der Waals surface area contributed by atoms with Crippen molar-refractivity contribution in [3.63, 3.8) is 0 Å². The molecule has 72 valence electrons. The van der Waals surface area contributed by atoms with Gasteiger partial charge in [0.05, 0.1) is 18.8 Å². The molecule has 0 atom stereocenters. The average Bonchev–Trinajstić information content (AvgIpc) is 2.62. The van der Waals surface area contributed by atoms with Crippen molar-refractivity contribution in [3.05, 3.63) is 23.3 Å². The van der Waals surface area contributed by atoms with Crippen LogP contribution in [0.3, 0.4) is 0 Å². The molecule has 0 spiro atoms. The lowest BCUT2D eigenvalue weighted by molar-refractivity contribution is 0.0933. The van der Waals surface area contributed by atoms with Gasteiger partial charge in [0.2, 0.25) is 0 Å². The molecule has 14 heavy (non-hydrogen) atoms. The Hall–Kier alpha value is -1.51. The van der Waals surface area contributed by atoms with Crippen LogP contribution in [-0.4, -0.2) is 19.0 Å². The lowest BCUT2D eigenvalue weighted by Crippen LogP contribution is -2.15. The van der Waals surface area contributed by atoms with E-state index in [2.05, 4.69) is 0 Å². The Morgan fingerprint density at radius 1 is 1.00 bits per heavy atom. The second kappa shape index (κ2) is 2.74. The van der Waals surface area contributed by atoms with Crippen LogP contribution in [0, 0.1) is 0 Å². The number of hydrogen-bond acceptors (Lipinski definition) is 3. The van der Waals surface area contributed by atoms with Crippen molar-refractivity contribution < 1.29 is 14.3 Å². The molecule has 0 radical (unpaired) electrons. The molecule has 0 N–H and O–H groups in total. The molecule has 1 aromatic rings. The molecule has 2 heterocycles. The summed E-state index contributed by atoms with van der Waals surface area (Å²) in [6.45, 7) is 1.21. The Kier molecular flexibility index (Phi) is 1.54. The summed E-state index contributed by atoms with van der Waals surface area (Å²) < 4.78 is 10.8. The fourth-order valence-electron chi connectivity index (χ4n) is 1.93. The maximum Gasteiger partial charge on any atom is 0.170 e. The topological polar surface area (TPSA) is 35.5 Å². The van der Waals surface area contributed by atoms with E-state index in [1.54, 1.807) is 0 Å². The van der Waals surface area contributed by atoms with Crippen molar-refractivity contribution in [2.75, 3.05) is 13.2 Å². The van der Waals surface area contributed by atoms with Crippen LogP contribution in [0.4, 0.5) is 0 Å². The van der Waals surface area contributed by atoms with Gasteiger partial charge >= 0.3 is 0 Å². The second-order valence-electron chi connectivity index (χ2n) is 3.58. The van der Waals surface area contributed by atoms with Crippen LogP contribution in [0.25, 0.3) is 0 Å². The van der Waals surface area contributed by atoms with E-state index in [4.69, 9.17) is 9.47 Å². The first-order valence-electron chi connectivity index (χ1n) is 4.80. The second-order valence-corrected chi connectivity index (χ2v) is 3.58. The van der Waals surface area contributed by atoms with Crippen LogP contribution in [0.1, 0.15) is 22.3 Å². The maximum atomic E-state index is 11.6. The van der Waals surface area contributed by atoms with Gasteiger partial charge in [-0.1, -0.05) is 0 Å². The molecular formula is C11H10O3. The van der Waals surface area contributed by atoms with Crippen molar-refractivity contribution >= 4 is 5.78 Å². The normalized spacial score (nSPS) is 18.1. The highest BCUT2D eigenvalue weighted by Gasteiger charge is 2.23. The van der Waals surface area contributed by atoms with Crippen molar-refractivity contribution in [3.8, 4) is 11.5 Å². The zero-order chi connectivity index (χ0) is 9.54. The summed E-state index contributed by atoms with van der Waals surface area (Å²) in [6.07, 6.45) is 1.39. The van der Waals surface area contributed by atoms with E-state index in [0.717, 1.165) is 23.3 Å². The molecule has 0 aliphatic carbocycles. The highest BCUT2D eigenvalue weighted by Crippen LogP contribution is 2.35. The zero-order valence-electron chi connectivity index (χ0n) is 7.71. The van der Waals surface area contributed by atoms with Gasteiger partial charge in [0.1, 0.15) is 11.5 Å². The lowest BCUT2D eigenvalue weighted by atomic mass is 10.0. The number of ether oxygens (including phenoxy) is 2. The number of Topliss-reactive ketones (excluding diaryl/α,β-unsaturated/α-hetero) is 1. The third kappa shape index (κ3) is 1.02. The van der Waals surface area contributed by atoms with Gasteiger partial charge in [-0.25, -0.2) is 0 Å². The smallest absolute Gasteiger partial charge is 0.170 e. The molecule has 2 aliphatic heterocycles. The van der Waals surface area contributed by atoms with Crippen LogP contribution in [0.5, 0.6) is 11.5 Å². The highest BCUT2D eigenvalue weighted by atomic mass is 16.5. The van der Waals surface area contributed by atoms with E-state index in [0.29, 0.717) is 25.4 Å². The standard InChI is InChI=1S/C11H10O3/c12-9-2-4-14-11-6-10-7(1-3-13-10)5-8(9)11/h5-6H,1-4H2. The molecule has 0 saturated heterocycles. The minimum absolute atomic E-state index is 0.181. The quantitative estimate of drug-likeness (QED) is 0.623. The van der Waals surface area contributed by atoms with Gasteiger partial charge in [0.25, 0.3) is 0 Å². The van der Waals surface area contributed by atoms with E-state index >= 15 is 0 Å². The van der Waals surface area contributed by atoms with Gasteiger partial charge in [-0.2, -0.15) is 0 Å². The van der Waals surface area contributed by atoms with Gasteiger partial charge in [0.15, 0.2) is 5.78 Å². The van der Waals surface area contributed by atoms with Crippen LogP contribution < -0.4 is 9.47 Å². The van der Waals surface area contributed by atoms with E-state index in [-0.39, 0.29) is 5.78 Å². The molecule has 2 aliphatic rings. The summed E-state index contributed by atoms with van der Waals surface area (Å²) in [5.74, 6) is 1.74. The first-order valence-corrected chi connectivity index (χ1v) is 4.80. The minimum atomic E-state index is 0.181. The summed E-state index contributed by atoms with van der Waals surface area (Å²) in [5, 5.41) is 0. The van der Waals surface area contributed by atoms with Crippen molar-refractivity contribution in [1.29, 1.82) is 0 Å². The highest BCUT2D eigenvalue weighted by molar-refractivity contribution is 6.00. The van der Waals surface area contributed by atoms with Crippen LogP contribution in [-0.2, 0) is 6.42 Å². The summed E-state index contributed by atoms with van der Waals surface area (Å²) in [6, 6.07) is 3.76. The third-order valence-corrected chi connectivity index (χ3v) is 2.68. The molecular weight excluding hydrogens is 180 g/mol. The van der Waals surface area contributed by atoms with Gasteiger partial charge in [-0.05, 0) is 11.6 Å². The summed E-state index contributed by atoms with van der Waals surface area (Å²) in [4.78, 5) is 11.6. The van der Waals surface area contributed by atoms with Gasteiger partial charge < -0.3 is 9.47 Å². The van der Waals surface area contributed by atoms with Gasteiger partial charge in [-0.3, -0.25) is 4.79 Å². The first kappa shape index (κ1) is 7.85. The molecule has 1 aromatic carbocycles. The van der Waals surface area contributed by atoms with Crippen molar-refractivity contribution in [2.45, 2.75) is 12.8 Å². The molecule has 3 rings (SSSR count). The number of benzene rings is 1. The van der Waals surface area contributed by atoms with Crippen LogP contribution in [0.2, 0.25) is 0 Å². The zero-order valence-corrected chi connectivity index (χ0v) is 7.71. The maximum absolute atomic E-state index is 11.6. The molecule has 0 saturated carbocycles. The van der Waals surface area contributed by atoms with E-state index in [1.165, 1.54) is 0 Å². The number of fused-ring (bicyclic) bond motifs is 2. The lowest BCUT2D eigenvalue weighted by Gasteiger charge is -2.16. The molecule has 0 bridgehead atoms. The molecule has 0 unspecified atom stereocenters. The van der Waals surface area contributed by atoms with Crippen molar-refractivity contribution in [1.82, 2.24) is 0 Å². The Morgan fingerprint density at radius 3 is 2.71 bits per heavy atom.